The van der Waals surface area contributed by atoms with Gasteiger partial charge in [0.25, 0.3) is 0 Å². The van der Waals surface area contributed by atoms with Crippen molar-refractivity contribution < 1.29 is 28.2 Å². The lowest BCUT2D eigenvalue weighted by Gasteiger charge is -2.09. The molecular weight excluding hydrogens is 234 g/mol. The fourth-order valence-electron chi connectivity index (χ4n) is 1.34. The Morgan fingerprint density at radius 3 is 2.53 bits per heavy atom. The molecule has 17 heavy (non-hydrogen) atoms. The first kappa shape index (κ1) is 13.1. The number of hydrogen-bond donors (Lipinski definition) is 1. The van der Waals surface area contributed by atoms with Crippen molar-refractivity contribution >= 4 is 11.8 Å². The number of ether oxygens (including phenoxy) is 1. The van der Waals surface area contributed by atoms with Crippen LogP contribution in [-0.2, 0) is 11.2 Å². The van der Waals surface area contributed by atoms with E-state index in [1.807, 2.05) is 0 Å². The molecule has 0 fully saturated rings. The molecule has 1 N–H and O–H groups in total. The van der Waals surface area contributed by atoms with Crippen molar-refractivity contribution in [3.05, 3.63) is 29.3 Å². The number of aromatic carboxylic acids is 1. The minimum atomic E-state index is -3.09. The van der Waals surface area contributed by atoms with Gasteiger partial charge in [0.1, 0.15) is 17.1 Å². The Hall–Kier alpha value is -1.98. The molecule has 1 aromatic carbocycles. The van der Waals surface area contributed by atoms with Crippen LogP contribution in [0.25, 0.3) is 0 Å². The lowest BCUT2D eigenvalue weighted by molar-refractivity contribution is -0.116. The molecule has 1 aromatic rings. The first-order valence-corrected chi connectivity index (χ1v) is 4.70. The van der Waals surface area contributed by atoms with Gasteiger partial charge in [-0.2, -0.15) is 8.78 Å². The molecule has 92 valence electrons. The number of hydrogen-bond acceptors (Lipinski definition) is 3. The zero-order valence-corrected chi connectivity index (χ0v) is 8.94. The van der Waals surface area contributed by atoms with Gasteiger partial charge in [-0.25, -0.2) is 4.79 Å². The second kappa shape index (κ2) is 5.38. The molecule has 0 radical (unpaired) electrons. The number of alkyl halides is 2. The fourth-order valence-corrected chi connectivity index (χ4v) is 1.34. The summed E-state index contributed by atoms with van der Waals surface area (Å²) in [5, 5.41) is 8.83. The normalized spacial score (nSPS) is 10.4. The van der Waals surface area contributed by atoms with Crippen LogP contribution in [0.3, 0.4) is 0 Å². The van der Waals surface area contributed by atoms with Crippen LogP contribution in [0.2, 0.25) is 0 Å². The average Bonchev–Trinajstić information content (AvgIpc) is 2.18. The van der Waals surface area contributed by atoms with E-state index in [1.54, 1.807) is 0 Å². The number of benzene rings is 1. The summed E-state index contributed by atoms with van der Waals surface area (Å²) in [7, 11) is 0. The highest BCUT2D eigenvalue weighted by atomic mass is 19.3. The van der Waals surface area contributed by atoms with Gasteiger partial charge in [-0.3, -0.25) is 4.79 Å². The quantitative estimate of drug-likeness (QED) is 0.861. The topological polar surface area (TPSA) is 63.6 Å². The molecule has 4 nitrogen and oxygen atoms in total. The third-order valence-corrected chi connectivity index (χ3v) is 1.94. The van der Waals surface area contributed by atoms with Crippen LogP contribution in [-0.4, -0.2) is 23.5 Å². The Morgan fingerprint density at radius 1 is 1.41 bits per heavy atom. The van der Waals surface area contributed by atoms with E-state index in [0.717, 1.165) is 12.1 Å². The lowest BCUT2D eigenvalue weighted by atomic mass is 10.1. The van der Waals surface area contributed by atoms with Crippen molar-refractivity contribution in [2.75, 3.05) is 0 Å². The standard InChI is InChI=1S/C11H10F2O4/c1-6(14)4-7-2-3-9(17-11(12)13)8(5-7)10(15)16/h2-3,5,11H,4H2,1H3,(H,15,16). The molecule has 0 aliphatic rings. The highest BCUT2D eigenvalue weighted by Crippen LogP contribution is 2.22. The van der Waals surface area contributed by atoms with Gasteiger partial charge < -0.3 is 9.84 Å². The molecule has 0 bridgehead atoms. The van der Waals surface area contributed by atoms with Gasteiger partial charge in [-0.05, 0) is 24.6 Å². The summed E-state index contributed by atoms with van der Waals surface area (Å²) in [6.07, 6.45) is 0.0508. The maximum atomic E-state index is 12.0. The molecular formula is C11H10F2O4. The number of rotatable bonds is 5. The van der Waals surface area contributed by atoms with E-state index in [4.69, 9.17) is 5.11 Å². The summed E-state index contributed by atoms with van der Waals surface area (Å²) in [4.78, 5) is 21.7. The van der Waals surface area contributed by atoms with E-state index in [2.05, 4.69) is 4.74 Å². The van der Waals surface area contributed by atoms with Crippen molar-refractivity contribution in [3.8, 4) is 5.75 Å². The molecule has 6 heteroatoms. The smallest absolute Gasteiger partial charge is 0.387 e. The van der Waals surface area contributed by atoms with Crippen molar-refractivity contribution in [2.45, 2.75) is 20.0 Å². The number of ketones is 1. The van der Waals surface area contributed by atoms with Crippen molar-refractivity contribution in [1.29, 1.82) is 0 Å². The van der Waals surface area contributed by atoms with Crippen molar-refractivity contribution in [3.63, 3.8) is 0 Å². The third kappa shape index (κ3) is 3.82. The highest BCUT2D eigenvalue weighted by molar-refractivity contribution is 5.91. The fraction of sp³-hybridized carbons (Fsp3) is 0.273. The largest absolute Gasteiger partial charge is 0.478 e. The second-order valence-electron chi connectivity index (χ2n) is 3.39. The highest BCUT2D eigenvalue weighted by Gasteiger charge is 2.16. The summed E-state index contributed by atoms with van der Waals surface area (Å²) in [5.74, 6) is -1.95. The molecule has 0 spiro atoms. The van der Waals surface area contributed by atoms with Crippen LogP contribution < -0.4 is 4.74 Å². The van der Waals surface area contributed by atoms with Gasteiger partial charge in [0.05, 0.1) is 0 Å². The Balaban J connectivity index is 3.08. The minimum absolute atomic E-state index is 0.0508. The van der Waals surface area contributed by atoms with Crippen LogP contribution in [0, 0.1) is 0 Å². The second-order valence-corrected chi connectivity index (χ2v) is 3.39. The molecule has 0 aliphatic heterocycles. The zero-order chi connectivity index (χ0) is 13.0. The molecule has 0 heterocycles. The summed E-state index contributed by atoms with van der Waals surface area (Å²) in [6.45, 7) is -1.74. The number of carbonyl (C=O) groups excluding carboxylic acids is 1. The summed E-state index contributed by atoms with van der Waals surface area (Å²) >= 11 is 0. The third-order valence-electron chi connectivity index (χ3n) is 1.94. The molecule has 1 rings (SSSR count). The van der Waals surface area contributed by atoms with E-state index in [9.17, 15) is 18.4 Å². The van der Waals surface area contributed by atoms with Gasteiger partial charge >= 0.3 is 12.6 Å². The summed E-state index contributed by atoms with van der Waals surface area (Å²) < 4.78 is 28.1. The van der Waals surface area contributed by atoms with E-state index >= 15 is 0 Å². The van der Waals surface area contributed by atoms with Crippen LogP contribution >= 0.6 is 0 Å². The van der Waals surface area contributed by atoms with E-state index in [0.29, 0.717) is 5.56 Å². The first-order chi connectivity index (χ1) is 7.90. The van der Waals surface area contributed by atoms with Crippen LogP contribution in [0.4, 0.5) is 8.78 Å². The molecule has 0 amide bonds. The predicted octanol–water partition coefficient (Wildman–Crippen LogP) is 2.12. The molecule has 0 aliphatic carbocycles. The maximum Gasteiger partial charge on any atom is 0.387 e. The van der Waals surface area contributed by atoms with E-state index < -0.39 is 18.3 Å². The van der Waals surface area contributed by atoms with Crippen LogP contribution in [0.1, 0.15) is 22.8 Å². The van der Waals surface area contributed by atoms with Crippen molar-refractivity contribution in [1.82, 2.24) is 0 Å². The van der Waals surface area contributed by atoms with Crippen LogP contribution in [0.15, 0.2) is 18.2 Å². The Bertz CT molecular complexity index is 443. The number of halogens is 2. The van der Waals surface area contributed by atoms with Gasteiger partial charge in [0.2, 0.25) is 0 Å². The molecule has 0 atom stereocenters. The summed E-state index contributed by atoms with van der Waals surface area (Å²) in [6, 6.07) is 3.65. The number of carbonyl (C=O) groups is 2. The average molecular weight is 244 g/mol. The molecule has 0 saturated heterocycles. The van der Waals surface area contributed by atoms with Gasteiger partial charge in [0.15, 0.2) is 0 Å². The molecule has 0 unspecified atom stereocenters. The van der Waals surface area contributed by atoms with Gasteiger partial charge in [0, 0.05) is 6.42 Å². The van der Waals surface area contributed by atoms with Crippen molar-refractivity contribution in [2.24, 2.45) is 0 Å². The van der Waals surface area contributed by atoms with E-state index in [1.165, 1.54) is 13.0 Å². The molecule has 0 saturated carbocycles. The molecule has 0 aromatic heterocycles. The van der Waals surface area contributed by atoms with Gasteiger partial charge in [-0.1, -0.05) is 6.07 Å². The summed E-state index contributed by atoms with van der Waals surface area (Å²) in [5.41, 5.74) is 0.0561. The maximum absolute atomic E-state index is 12.0. The van der Waals surface area contributed by atoms with Crippen LogP contribution in [0.5, 0.6) is 5.75 Å². The van der Waals surface area contributed by atoms with Gasteiger partial charge in [-0.15, -0.1) is 0 Å². The number of carboxylic acid groups (broad SMARTS) is 1. The zero-order valence-electron chi connectivity index (χ0n) is 8.94. The SMILES string of the molecule is CC(=O)Cc1ccc(OC(F)F)c(C(=O)O)c1. The first-order valence-electron chi connectivity index (χ1n) is 4.70. The Labute approximate surface area is 95.8 Å². The Morgan fingerprint density at radius 2 is 2.06 bits per heavy atom. The number of carboxylic acids is 1. The monoisotopic (exact) mass is 244 g/mol. The minimum Gasteiger partial charge on any atom is -0.478 e. The lowest BCUT2D eigenvalue weighted by Crippen LogP contribution is -2.09. The predicted molar refractivity (Wildman–Crippen MR) is 54.4 cm³/mol. The number of Topliss-reactive ketones (excluding diaryl/α,β-unsaturated/α-hetero) is 1. The Kier molecular flexibility index (Phi) is 4.14. The van der Waals surface area contributed by atoms with E-state index in [-0.39, 0.29) is 17.8 Å².